The molecule has 2 aromatic rings. The molecule has 1 aliphatic carbocycles. The topological polar surface area (TPSA) is 30.0 Å². The lowest BCUT2D eigenvalue weighted by atomic mass is 9.92. The van der Waals surface area contributed by atoms with Gasteiger partial charge in [-0.2, -0.15) is 0 Å². The standard InChI is InChI=1S/C19H21NO/c1-14-7-6-12-20-19(14)17-11-5-4-10-16(17)13-18(21)15-8-2-3-9-15/h4-7,10-12,15H,2-3,8-9,13H2,1H3. The van der Waals surface area contributed by atoms with Crippen LogP contribution in [-0.2, 0) is 11.2 Å². The highest BCUT2D eigenvalue weighted by molar-refractivity contribution is 5.85. The van der Waals surface area contributed by atoms with E-state index in [4.69, 9.17) is 0 Å². The van der Waals surface area contributed by atoms with Gasteiger partial charge in [-0.1, -0.05) is 43.2 Å². The molecule has 1 aromatic heterocycles. The molecule has 1 heterocycles. The van der Waals surface area contributed by atoms with E-state index in [0.717, 1.165) is 35.2 Å². The van der Waals surface area contributed by atoms with Crippen LogP contribution >= 0.6 is 0 Å². The first-order valence-electron chi connectivity index (χ1n) is 7.78. The highest BCUT2D eigenvalue weighted by Gasteiger charge is 2.23. The molecule has 21 heavy (non-hydrogen) atoms. The molecule has 1 aromatic carbocycles. The SMILES string of the molecule is Cc1cccnc1-c1ccccc1CC(=O)C1CCCC1. The number of carbonyl (C=O) groups is 1. The summed E-state index contributed by atoms with van der Waals surface area (Å²) in [6.07, 6.45) is 6.91. The van der Waals surface area contributed by atoms with Crippen molar-refractivity contribution in [1.82, 2.24) is 4.98 Å². The zero-order valence-corrected chi connectivity index (χ0v) is 12.5. The molecule has 0 unspecified atom stereocenters. The van der Waals surface area contributed by atoms with Crippen molar-refractivity contribution in [1.29, 1.82) is 0 Å². The van der Waals surface area contributed by atoms with E-state index >= 15 is 0 Å². The number of hydrogen-bond donors (Lipinski definition) is 0. The van der Waals surface area contributed by atoms with Crippen LogP contribution in [0.1, 0.15) is 36.8 Å². The van der Waals surface area contributed by atoms with E-state index in [-0.39, 0.29) is 5.92 Å². The molecule has 0 N–H and O–H groups in total. The summed E-state index contributed by atoms with van der Waals surface area (Å²) in [6.45, 7) is 2.07. The molecule has 1 saturated carbocycles. The zero-order valence-electron chi connectivity index (χ0n) is 12.5. The van der Waals surface area contributed by atoms with E-state index in [1.807, 2.05) is 24.4 Å². The lowest BCUT2D eigenvalue weighted by molar-refractivity contribution is -0.122. The molecule has 0 bridgehead atoms. The Kier molecular flexibility index (Phi) is 4.14. The van der Waals surface area contributed by atoms with Crippen molar-refractivity contribution in [2.75, 3.05) is 0 Å². The smallest absolute Gasteiger partial charge is 0.140 e. The van der Waals surface area contributed by atoms with Gasteiger partial charge in [0.2, 0.25) is 0 Å². The minimum Gasteiger partial charge on any atom is -0.299 e. The van der Waals surface area contributed by atoms with Crippen molar-refractivity contribution in [2.24, 2.45) is 5.92 Å². The maximum Gasteiger partial charge on any atom is 0.140 e. The Hall–Kier alpha value is -1.96. The van der Waals surface area contributed by atoms with E-state index in [0.29, 0.717) is 12.2 Å². The summed E-state index contributed by atoms with van der Waals surface area (Å²) in [7, 11) is 0. The Morgan fingerprint density at radius 1 is 1.14 bits per heavy atom. The number of nitrogens with zero attached hydrogens (tertiary/aromatic N) is 1. The molecular weight excluding hydrogens is 258 g/mol. The second-order valence-corrected chi connectivity index (χ2v) is 5.95. The molecule has 0 saturated heterocycles. The summed E-state index contributed by atoms with van der Waals surface area (Å²) in [5, 5.41) is 0. The van der Waals surface area contributed by atoms with Crippen molar-refractivity contribution in [3.63, 3.8) is 0 Å². The monoisotopic (exact) mass is 279 g/mol. The molecular formula is C19H21NO. The minimum absolute atomic E-state index is 0.280. The number of aromatic nitrogens is 1. The summed E-state index contributed by atoms with van der Waals surface area (Å²) in [4.78, 5) is 17.0. The molecule has 108 valence electrons. The molecule has 0 radical (unpaired) electrons. The molecule has 1 fully saturated rings. The van der Waals surface area contributed by atoms with Crippen molar-refractivity contribution < 1.29 is 4.79 Å². The second kappa shape index (κ2) is 6.21. The first kappa shape index (κ1) is 14.0. The van der Waals surface area contributed by atoms with Crippen molar-refractivity contribution >= 4 is 5.78 Å². The van der Waals surface area contributed by atoms with E-state index in [1.165, 1.54) is 12.8 Å². The van der Waals surface area contributed by atoms with Crippen LogP contribution in [0.25, 0.3) is 11.3 Å². The first-order valence-corrected chi connectivity index (χ1v) is 7.78. The maximum atomic E-state index is 12.5. The van der Waals surface area contributed by atoms with Gasteiger partial charge in [-0.25, -0.2) is 0 Å². The van der Waals surface area contributed by atoms with Crippen LogP contribution in [0.4, 0.5) is 0 Å². The highest BCUT2D eigenvalue weighted by atomic mass is 16.1. The van der Waals surface area contributed by atoms with Gasteiger partial charge in [-0.3, -0.25) is 9.78 Å². The molecule has 0 amide bonds. The van der Waals surface area contributed by atoms with Crippen LogP contribution in [0.3, 0.4) is 0 Å². The average molecular weight is 279 g/mol. The number of hydrogen-bond acceptors (Lipinski definition) is 2. The number of carbonyl (C=O) groups excluding carboxylic acids is 1. The molecule has 0 atom stereocenters. The summed E-state index contributed by atoms with van der Waals surface area (Å²) in [5.74, 6) is 0.677. The summed E-state index contributed by atoms with van der Waals surface area (Å²) in [5.41, 5.74) is 4.35. The van der Waals surface area contributed by atoms with Gasteiger partial charge in [0, 0.05) is 24.1 Å². The van der Waals surface area contributed by atoms with Crippen molar-refractivity contribution in [3.05, 3.63) is 53.7 Å². The molecule has 3 rings (SSSR count). The number of benzene rings is 1. The second-order valence-electron chi connectivity index (χ2n) is 5.95. The van der Waals surface area contributed by atoms with Crippen LogP contribution in [0.15, 0.2) is 42.6 Å². The van der Waals surface area contributed by atoms with Crippen LogP contribution in [-0.4, -0.2) is 10.8 Å². The Balaban J connectivity index is 1.89. The summed E-state index contributed by atoms with van der Waals surface area (Å²) in [6, 6.07) is 12.2. The fourth-order valence-corrected chi connectivity index (χ4v) is 3.25. The van der Waals surface area contributed by atoms with E-state index in [2.05, 4.69) is 30.1 Å². The fourth-order valence-electron chi connectivity index (χ4n) is 3.25. The Labute approximate surface area is 126 Å². The van der Waals surface area contributed by atoms with Gasteiger partial charge in [-0.05, 0) is 37.0 Å². The third-order valence-corrected chi connectivity index (χ3v) is 4.46. The third kappa shape index (κ3) is 3.05. The Morgan fingerprint density at radius 2 is 1.90 bits per heavy atom. The number of pyridine rings is 1. The molecule has 0 aliphatic heterocycles. The Bertz CT molecular complexity index is 642. The predicted molar refractivity (Wildman–Crippen MR) is 85.1 cm³/mol. The largest absolute Gasteiger partial charge is 0.299 e. The number of Topliss-reactive ketones (excluding diaryl/α,β-unsaturated/α-hetero) is 1. The molecule has 1 aliphatic rings. The maximum absolute atomic E-state index is 12.5. The average Bonchev–Trinajstić information content (AvgIpc) is 3.03. The quantitative estimate of drug-likeness (QED) is 0.832. The Morgan fingerprint density at radius 3 is 2.67 bits per heavy atom. The third-order valence-electron chi connectivity index (χ3n) is 4.46. The van der Waals surface area contributed by atoms with Gasteiger partial charge in [-0.15, -0.1) is 0 Å². The van der Waals surface area contributed by atoms with E-state index < -0.39 is 0 Å². The highest BCUT2D eigenvalue weighted by Crippen LogP contribution is 2.29. The lowest BCUT2D eigenvalue weighted by Gasteiger charge is -2.13. The summed E-state index contributed by atoms with van der Waals surface area (Å²) >= 11 is 0. The van der Waals surface area contributed by atoms with Crippen LogP contribution in [0, 0.1) is 12.8 Å². The number of ketones is 1. The number of rotatable bonds is 4. The van der Waals surface area contributed by atoms with Gasteiger partial charge >= 0.3 is 0 Å². The van der Waals surface area contributed by atoms with Crippen molar-refractivity contribution in [2.45, 2.75) is 39.0 Å². The fraction of sp³-hybridized carbons (Fsp3) is 0.368. The number of aryl methyl sites for hydroxylation is 1. The lowest BCUT2D eigenvalue weighted by Crippen LogP contribution is -2.14. The molecule has 2 heteroatoms. The predicted octanol–water partition coefficient (Wildman–Crippen LogP) is 4.36. The zero-order chi connectivity index (χ0) is 14.7. The first-order chi connectivity index (χ1) is 10.3. The van der Waals surface area contributed by atoms with E-state index in [9.17, 15) is 4.79 Å². The van der Waals surface area contributed by atoms with Gasteiger partial charge < -0.3 is 0 Å². The van der Waals surface area contributed by atoms with Gasteiger partial charge in [0.15, 0.2) is 0 Å². The summed E-state index contributed by atoms with van der Waals surface area (Å²) < 4.78 is 0. The van der Waals surface area contributed by atoms with Gasteiger partial charge in [0.1, 0.15) is 5.78 Å². The van der Waals surface area contributed by atoms with E-state index in [1.54, 1.807) is 0 Å². The van der Waals surface area contributed by atoms with Crippen molar-refractivity contribution in [3.8, 4) is 11.3 Å². The minimum atomic E-state index is 0.280. The normalized spacial score (nSPS) is 15.3. The van der Waals surface area contributed by atoms with Crippen LogP contribution in [0.5, 0.6) is 0 Å². The van der Waals surface area contributed by atoms with Gasteiger partial charge in [0.05, 0.1) is 5.69 Å². The van der Waals surface area contributed by atoms with Gasteiger partial charge in [0.25, 0.3) is 0 Å². The molecule has 0 spiro atoms. The van der Waals surface area contributed by atoms with Crippen LogP contribution in [0.2, 0.25) is 0 Å². The van der Waals surface area contributed by atoms with Crippen LogP contribution < -0.4 is 0 Å². The molecule has 2 nitrogen and oxygen atoms in total.